The maximum atomic E-state index is 13.6. The molecule has 0 radical (unpaired) electrons. The molecule has 6 heteroatoms. The first-order chi connectivity index (χ1) is 8.16. The summed E-state index contributed by atoms with van der Waals surface area (Å²) in [6, 6.07) is 3.69. The molecule has 0 amide bonds. The van der Waals surface area contributed by atoms with Crippen molar-refractivity contribution in [3.8, 4) is 0 Å². The molecule has 1 aliphatic heterocycles. The molecule has 3 rings (SSSR count). The minimum absolute atomic E-state index is 0.245. The lowest BCUT2D eigenvalue weighted by Crippen LogP contribution is -2.07. The predicted octanol–water partition coefficient (Wildman–Crippen LogP) is 4.28. The van der Waals surface area contributed by atoms with E-state index in [0.29, 0.717) is 15.3 Å². The first-order valence-electron chi connectivity index (χ1n) is 5.34. The molecular formula is C11H10BrFN2S2. The van der Waals surface area contributed by atoms with Crippen molar-refractivity contribution in [2.75, 3.05) is 11.5 Å². The summed E-state index contributed by atoms with van der Waals surface area (Å²) in [4.78, 5) is 3.14. The van der Waals surface area contributed by atoms with Crippen LogP contribution in [0.3, 0.4) is 0 Å². The van der Waals surface area contributed by atoms with Crippen LogP contribution in [0, 0.1) is 10.6 Å². The Hall–Kier alpha value is -0.330. The molecule has 1 N–H and O–H groups in total. The van der Waals surface area contributed by atoms with E-state index in [1.807, 2.05) is 11.8 Å². The van der Waals surface area contributed by atoms with Gasteiger partial charge in [0.1, 0.15) is 5.82 Å². The summed E-state index contributed by atoms with van der Waals surface area (Å²) in [5.74, 6) is 1.96. The number of rotatable bonds is 1. The van der Waals surface area contributed by atoms with E-state index in [0.717, 1.165) is 29.0 Å². The number of imidazole rings is 1. The highest BCUT2D eigenvalue weighted by molar-refractivity contribution is 9.10. The van der Waals surface area contributed by atoms with Crippen molar-refractivity contribution in [2.24, 2.45) is 0 Å². The molecule has 0 saturated carbocycles. The average molecular weight is 333 g/mol. The molecule has 1 aromatic carbocycles. The molecule has 1 unspecified atom stereocenters. The number of nitrogens with one attached hydrogen (secondary N) is 1. The molecule has 2 heterocycles. The molecule has 0 spiro atoms. The van der Waals surface area contributed by atoms with Crippen molar-refractivity contribution < 1.29 is 4.39 Å². The maximum absolute atomic E-state index is 13.6. The second-order valence-electron chi connectivity index (χ2n) is 4.10. The van der Waals surface area contributed by atoms with Crippen LogP contribution in [0.25, 0.3) is 11.0 Å². The van der Waals surface area contributed by atoms with Gasteiger partial charge in [0.05, 0.1) is 15.5 Å². The minimum atomic E-state index is -0.245. The lowest BCUT2D eigenvalue weighted by atomic mass is 10.2. The smallest absolute Gasteiger partial charge is 0.178 e. The van der Waals surface area contributed by atoms with E-state index < -0.39 is 0 Å². The number of halogens is 2. The van der Waals surface area contributed by atoms with Crippen LogP contribution in [0.4, 0.5) is 4.39 Å². The number of hydrogen-bond acceptors (Lipinski definition) is 2. The highest BCUT2D eigenvalue weighted by Gasteiger charge is 2.21. The molecule has 0 bridgehead atoms. The third kappa shape index (κ3) is 1.96. The van der Waals surface area contributed by atoms with Crippen molar-refractivity contribution in [3.05, 3.63) is 27.2 Å². The van der Waals surface area contributed by atoms with Crippen molar-refractivity contribution in [2.45, 2.75) is 12.5 Å². The second kappa shape index (κ2) is 4.40. The first-order valence-corrected chi connectivity index (χ1v) is 7.69. The van der Waals surface area contributed by atoms with Gasteiger partial charge in [0.2, 0.25) is 0 Å². The molecule has 1 fully saturated rings. The van der Waals surface area contributed by atoms with Gasteiger partial charge in [-0.2, -0.15) is 11.8 Å². The van der Waals surface area contributed by atoms with Crippen LogP contribution in [-0.4, -0.2) is 21.1 Å². The molecule has 0 aliphatic carbocycles. The Kier molecular flexibility index (Phi) is 3.04. The SMILES string of the molecule is Fc1cc2c(cc1Br)[nH]c(=S)n2C1CCSC1. The van der Waals surface area contributed by atoms with Crippen LogP contribution in [0.15, 0.2) is 16.6 Å². The highest BCUT2D eigenvalue weighted by Crippen LogP contribution is 2.32. The van der Waals surface area contributed by atoms with Crippen LogP contribution in [0.5, 0.6) is 0 Å². The monoisotopic (exact) mass is 332 g/mol. The molecule has 17 heavy (non-hydrogen) atoms. The predicted molar refractivity (Wildman–Crippen MR) is 75.8 cm³/mol. The van der Waals surface area contributed by atoms with Gasteiger partial charge in [0.15, 0.2) is 4.77 Å². The maximum Gasteiger partial charge on any atom is 0.178 e. The summed E-state index contributed by atoms with van der Waals surface area (Å²) >= 11 is 10.4. The third-order valence-corrected chi connectivity index (χ3v) is 5.08. The standard InChI is InChI=1S/C11H10BrFN2S2/c12-7-3-9-10(4-8(7)13)15(11(16)14-9)6-1-2-17-5-6/h3-4,6H,1-2,5H2,(H,14,16). The lowest BCUT2D eigenvalue weighted by Gasteiger charge is -2.11. The van der Waals surface area contributed by atoms with E-state index in [-0.39, 0.29) is 5.82 Å². The topological polar surface area (TPSA) is 20.7 Å². The van der Waals surface area contributed by atoms with Crippen molar-refractivity contribution >= 4 is 50.9 Å². The quantitative estimate of drug-likeness (QED) is 0.787. The van der Waals surface area contributed by atoms with E-state index in [1.165, 1.54) is 0 Å². The number of nitrogens with zero attached hydrogens (tertiary/aromatic N) is 1. The number of aromatic nitrogens is 2. The summed E-state index contributed by atoms with van der Waals surface area (Å²) < 4.78 is 16.8. The van der Waals surface area contributed by atoms with Gasteiger partial charge in [-0.15, -0.1) is 0 Å². The molecule has 2 aromatic rings. The van der Waals surface area contributed by atoms with Gasteiger partial charge < -0.3 is 9.55 Å². The van der Waals surface area contributed by atoms with Gasteiger partial charge in [-0.3, -0.25) is 0 Å². The molecule has 1 aromatic heterocycles. The van der Waals surface area contributed by atoms with Gasteiger partial charge in [0, 0.05) is 17.9 Å². The molecule has 1 aliphatic rings. The number of benzene rings is 1. The van der Waals surface area contributed by atoms with Crippen LogP contribution in [0.1, 0.15) is 12.5 Å². The molecule has 1 saturated heterocycles. The summed E-state index contributed by atoms with van der Waals surface area (Å²) in [5, 5.41) is 0. The zero-order valence-electron chi connectivity index (χ0n) is 8.87. The average Bonchev–Trinajstić information content (AvgIpc) is 2.86. The molecule has 1 atom stereocenters. The van der Waals surface area contributed by atoms with Crippen molar-refractivity contribution in [3.63, 3.8) is 0 Å². The number of thioether (sulfide) groups is 1. The van der Waals surface area contributed by atoms with E-state index in [2.05, 4.69) is 25.5 Å². The van der Waals surface area contributed by atoms with Crippen LogP contribution < -0.4 is 0 Å². The van der Waals surface area contributed by atoms with Gasteiger partial charge in [-0.25, -0.2) is 4.39 Å². The summed E-state index contributed by atoms with van der Waals surface area (Å²) in [6.07, 6.45) is 1.10. The Labute approximate surface area is 116 Å². The molecular weight excluding hydrogens is 323 g/mol. The number of H-pyrrole nitrogens is 1. The number of aromatic amines is 1. The third-order valence-electron chi connectivity index (χ3n) is 3.03. The van der Waals surface area contributed by atoms with E-state index >= 15 is 0 Å². The summed E-state index contributed by atoms with van der Waals surface area (Å²) in [7, 11) is 0. The normalized spacial score (nSPS) is 20.2. The van der Waals surface area contributed by atoms with Gasteiger partial charge in [0.25, 0.3) is 0 Å². The zero-order chi connectivity index (χ0) is 12.0. The summed E-state index contributed by atoms with van der Waals surface area (Å²) in [6.45, 7) is 0. The number of hydrogen-bond donors (Lipinski definition) is 1. The van der Waals surface area contributed by atoms with E-state index in [4.69, 9.17) is 12.2 Å². The fourth-order valence-corrected chi connectivity index (χ4v) is 4.10. The molecule has 2 nitrogen and oxygen atoms in total. The largest absolute Gasteiger partial charge is 0.331 e. The summed E-state index contributed by atoms with van der Waals surface area (Å²) in [5.41, 5.74) is 1.75. The Morgan fingerprint density at radius 2 is 2.35 bits per heavy atom. The lowest BCUT2D eigenvalue weighted by molar-refractivity contribution is 0.566. The number of fused-ring (bicyclic) bond motifs is 1. The Morgan fingerprint density at radius 3 is 3.06 bits per heavy atom. The van der Waals surface area contributed by atoms with Gasteiger partial charge in [-0.05, 0) is 46.4 Å². The van der Waals surface area contributed by atoms with Gasteiger partial charge >= 0.3 is 0 Å². The van der Waals surface area contributed by atoms with E-state index in [1.54, 1.807) is 12.1 Å². The minimum Gasteiger partial charge on any atom is -0.331 e. The van der Waals surface area contributed by atoms with Crippen LogP contribution in [0.2, 0.25) is 0 Å². The van der Waals surface area contributed by atoms with E-state index in [9.17, 15) is 4.39 Å². The second-order valence-corrected chi connectivity index (χ2v) is 6.49. The Bertz CT molecular complexity index is 628. The Balaban J connectivity index is 2.26. The Morgan fingerprint density at radius 1 is 1.53 bits per heavy atom. The highest BCUT2D eigenvalue weighted by atomic mass is 79.9. The van der Waals surface area contributed by atoms with Crippen molar-refractivity contribution in [1.82, 2.24) is 9.55 Å². The van der Waals surface area contributed by atoms with Crippen LogP contribution >= 0.6 is 39.9 Å². The van der Waals surface area contributed by atoms with Crippen molar-refractivity contribution in [1.29, 1.82) is 0 Å². The van der Waals surface area contributed by atoms with Gasteiger partial charge in [-0.1, -0.05) is 0 Å². The zero-order valence-corrected chi connectivity index (χ0v) is 12.1. The fraction of sp³-hybridized carbons (Fsp3) is 0.364. The van der Waals surface area contributed by atoms with Crippen LogP contribution in [-0.2, 0) is 0 Å². The molecule has 90 valence electrons. The first kappa shape index (κ1) is 11.7. The fourth-order valence-electron chi connectivity index (χ4n) is 2.21.